The normalized spacial score (nSPS) is 15.3. The smallest absolute Gasteiger partial charge is 0.214 e. The Bertz CT molecular complexity index is 572. The summed E-state index contributed by atoms with van der Waals surface area (Å²) in [7, 11) is -1.97. The van der Waals surface area contributed by atoms with E-state index in [1.807, 2.05) is 44.2 Å². The molecule has 0 aliphatic heterocycles. The van der Waals surface area contributed by atoms with E-state index in [0.717, 1.165) is 12.0 Å². The van der Waals surface area contributed by atoms with Crippen molar-refractivity contribution >= 4 is 10.0 Å². The molecule has 6 heteroatoms. The molecule has 23 heavy (non-hydrogen) atoms. The van der Waals surface area contributed by atoms with Crippen LogP contribution in [0.2, 0.25) is 0 Å². The Hall–Kier alpha value is -0.950. The standard InChI is InChI=1S/C17H29NO4S/c1-16(2,11-8-12-19)13-18-23(20,21)14-17(3,22-4)15-9-6-5-7-10-15/h5-7,9-10,18-19H,8,11-14H2,1-4H3/t17-/m0/s1. The average molecular weight is 343 g/mol. The van der Waals surface area contributed by atoms with E-state index in [-0.39, 0.29) is 17.8 Å². The number of aliphatic hydroxyl groups excluding tert-OH is 1. The minimum Gasteiger partial charge on any atom is -0.396 e. The van der Waals surface area contributed by atoms with Crippen molar-refractivity contribution in [3.8, 4) is 0 Å². The molecule has 1 aromatic rings. The van der Waals surface area contributed by atoms with Gasteiger partial charge >= 0.3 is 0 Å². The minimum absolute atomic E-state index is 0.117. The largest absolute Gasteiger partial charge is 0.396 e. The predicted octanol–water partition coefficient (Wildman–Crippen LogP) is 2.27. The molecule has 1 rings (SSSR count). The number of benzene rings is 1. The van der Waals surface area contributed by atoms with Crippen LogP contribution in [0, 0.1) is 5.41 Å². The monoisotopic (exact) mass is 343 g/mol. The van der Waals surface area contributed by atoms with Gasteiger partial charge in [-0.2, -0.15) is 0 Å². The summed E-state index contributed by atoms with van der Waals surface area (Å²) in [5.74, 6) is -0.142. The summed E-state index contributed by atoms with van der Waals surface area (Å²) < 4.78 is 33.1. The lowest BCUT2D eigenvalue weighted by atomic mass is 9.88. The summed E-state index contributed by atoms with van der Waals surface area (Å²) in [6.45, 7) is 6.20. The molecule has 0 aliphatic carbocycles. The van der Waals surface area contributed by atoms with Crippen molar-refractivity contribution in [2.24, 2.45) is 5.41 Å². The maximum Gasteiger partial charge on any atom is 0.214 e. The Morgan fingerprint density at radius 3 is 2.30 bits per heavy atom. The molecule has 0 aliphatic rings. The third kappa shape index (κ3) is 6.59. The number of hydrogen-bond donors (Lipinski definition) is 2. The summed E-state index contributed by atoms with van der Waals surface area (Å²) in [6, 6.07) is 9.35. The van der Waals surface area contributed by atoms with Gasteiger partial charge in [-0.25, -0.2) is 13.1 Å². The van der Waals surface area contributed by atoms with Crippen LogP contribution in [0.5, 0.6) is 0 Å². The third-order valence-electron chi connectivity index (χ3n) is 4.08. The van der Waals surface area contributed by atoms with Crippen LogP contribution in [0.15, 0.2) is 30.3 Å². The zero-order valence-corrected chi connectivity index (χ0v) is 15.3. The first-order chi connectivity index (χ1) is 10.6. The van der Waals surface area contributed by atoms with Crippen molar-refractivity contribution in [1.29, 1.82) is 0 Å². The van der Waals surface area contributed by atoms with Crippen molar-refractivity contribution in [2.45, 2.75) is 39.2 Å². The van der Waals surface area contributed by atoms with Gasteiger partial charge in [0.05, 0.1) is 5.75 Å². The van der Waals surface area contributed by atoms with E-state index in [0.29, 0.717) is 13.0 Å². The van der Waals surface area contributed by atoms with Gasteiger partial charge in [-0.1, -0.05) is 44.2 Å². The number of rotatable bonds is 10. The molecule has 0 spiro atoms. The maximum absolute atomic E-state index is 12.5. The topological polar surface area (TPSA) is 75.6 Å². The lowest BCUT2D eigenvalue weighted by Gasteiger charge is -2.30. The maximum atomic E-state index is 12.5. The molecule has 1 aromatic carbocycles. The Morgan fingerprint density at radius 2 is 1.78 bits per heavy atom. The zero-order chi connectivity index (χ0) is 17.6. The lowest BCUT2D eigenvalue weighted by Crippen LogP contribution is -2.42. The van der Waals surface area contributed by atoms with Crippen LogP contribution >= 0.6 is 0 Å². The van der Waals surface area contributed by atoms with Gasteiger partial charge in [-0.3, -0.25) is 0 Å². The van der Waals surface area contributed by atoms with E-state index in [9.17, 15) is 8.42 Å². The molecule has 0 unspecified atom stereocenters. The summed E-state index contributed by atoms with van der Waals surface area (Å²) in [4.78, 5) is 0. The molecule has 0 heterocycles. The van der Waals surface area contributed by atoms with Crippen LogP contribution in [0.4, 0.5) is 0 Å². The van der Waals surface area contributed by atoms with Crippen molar-refractivity contribution in [2.75, 3.05) is 26.0 Å². The highest BCUT2D eigenvalue weighted by molar-refractivity contribution is 7.89. The van der Waals surface area contributed by atoms with Gasteiger partial charge in [0.2, 0.25) is 10.0 Å². The fraction of sp³-hybridized carbons (Fsp3) is 0.647. The summed E-state index contributed by atoms with van der Waals surface area (Å²) >= 11 is 0. The van der Waals surface area contributed by atoms with Crippen molar-refractivity contribution in [3.63, 3.8) is 0 Å². The number of nitrogens with one attached hydrogen (secondary N) is 1. The molecule has 132 valence electrons. The van der Waals surface area contributed by atoms with E-state index in [1.54, 1.807) is 6.92 Å². The molecule has 0 amide bonds. The van der Waals surface area contributed by atoms with Gasteiger partial charge in [0, 0.05) is 20.3 Å². The Morgan fingerprint density at radius 1 is 1.17 bits per heavy atom. The minimum atomic E-state index is -3.50. The van der Waals surface area contributed by atoms with Crippen molar-refractivity contribution in [3.05, 3.63) is 35.9 Å². The highest BCUT2D eigenvalue weighted by Crippen LogP contribution is 2.27. The molecule has 0 fully saturated rings. The second kappa shape index (κ2) is 8.24. The zero-order valence-electron chi connectivity index (χ0n) is 14.5. The van der Waals surface area contributed by atoms with E-state index < -0.39 is 15.6 Å². The highest BCUT2D eigenvalue weighted by atomic mass is 32.2. The van der Waals surface area contributed by atoms with Gasteiger partial charge in [0.25, 0.3) is 0 Å². The highest BCUT2D eigenvalue weighted by Gasteiger charge is 2.33. The average Bonchev–Trinajstić information content (AvgIpc) is 2.52. The molecule has 0 saturated carbocycles. The van der Waals surface area contributed by atoms with Gasteiger partial charge in [-0.15, -0.1) is 0 Å². The van der Waals surface area contributed by atoms with Crippen LogP contribution in [0.25, 0.3) is 0 Å². The van der Waals surface area contributed by atoms with E-state index >= 15 is 0 Å². The third-order valence-corrected chi connectivity index (χ3v) is 5.60. The molecular weight excluding hydrogens is 314 g/mol. The quantitative estimate of drug-likeness (QED) is 0.683. The Balaban J connectivity index is 2.77. The van der Waals surface area contributed by atoms with Gasteiger partial charge in [0.15, 0.2) is 0 Å². The molecule has 0 aromatic heterocycles. The summed E-state index contributed by atoms with van der Waals surface area (Å²) in [5.41, 5.74) is -0.277. The number of aliphatic hydroxyl groups is 1. The van der Waals surface area contributed by atoms with E-state index in [1.165, 1.54) is 7.11 Å². The van der Waals surface area contributed by atoms with Crippen LogP contribution in [-0.4, -0.2) is 39.5 Å². The Labute approximate surface area is 140 Å². The fourth-order valence-corrected chi connectivity index (χ4v) is 4.14. The van der Waals surface area contributed by atoms with Crippen LogP contribution in [0.1, 0.15) is 39.2 Å². The molecule has 0 saturated heterocycles. The molecule has 2 N–H and O–H groups in total. The second-order valence-corrected chi connectivity index (χ2v) is 8.68. The van der Waals surface area contributed by atoms with Gasteiger partial charge in [-0.05, 0) is 30.7 Å². The predicted molar refractivity (Wildman–Crippen MR) is 92.7 cm³/mol. The lowest BCUT2D eigenvalue weighted by molar-refractivity contribution is 0.0220. The Kier molecular flexibility index (Phi) is 7.20. The van der Waals surface area contributed by atoms with Crippen LogP contribution in [-0.2, 0) is 20.4 Å². The van der Waals surface area contributed by atoms with Crippen molar-refractivity contribution in [1.82, 2.24) is 4.72 Å². The van der Waals surface area contributed by atoms with Gasteiger partial charge in [0.1, 0.15) is 5.60 Å². The molecular formula is C17H29NO4S. The molecule has 5 nitrogen and oxygen atoms in total. The fourth-order valence-electron chi connectivity index (χ4n) is 2.42. The van der Waals surface area contributed by atoms with Crippen LogP contribution in [0.3, 0.4) is 0 Å². The summed E-state index contributed by atoms with van der Waals surface area (Å²) in [6.07, 6.45) is 1.42. The number of sulfonamides is 1. The van der Waals surface area contributed by atoms with Gasteiger partial charge < -0.3 is 9.84 Å². The first-order valence-corrected chi connectivity index (χ1v) is 9.48. The SMILES string of the molecule is CO[C@@](C)(CS(=O)(=O)NCC(C)(C)CCCO)c1ccccc1. The number of hydrogen-bond acceptors (Lipinski definition) is 4. The molecule has 1 atom stereocenters. The first-order valence-electron chi connectivity index (χ1n) is 7.83. The van der Waals surface area contributed by atoms with E-state index in [4.69, 9.17) is 9.84 Å². The number of ether oxygens (including phenoxy) is 1. The van der Waals surface area contributed by atoms with Crippen LogP contribution < -0.4 is 4.72 Å². The van der Waals surface area contributed by atoms with Crippen molar-refractivity contribution < 1.29 is 18.3 Å². The number of methoxy groups -OCH3 is 1. The molecule has 0 radical (unpaired) electrons. The second-order valence-electron chi connectivity index (χ2n) is 6.87. The summed E-state index contributed by atoms with van der Waals surface area (Å²) in [5, 5.41) is 8.91. The molecule has 0 bridgehead atoms. The first kappa shape index (κ1) is 20.1. The van der Waals surface area contributed by atoms with E-state index in [2.05, 4.69) is 4.72 Å².